The smallest absolute Gasteiger partial charge is 0.189 e. The van der Waals surface area contributed by atoms with Crippen molar-refractivity contribution in [2.75, 3.05) is 26.9 Å². The molecule has 0 saturated carbocycles. The van der Waals surface area contributed by atoms with E-state index in [2.05, 4.69) is 10.3 Å². The van der Waals surface area contributed by atoms with Crippen molar-refractivity contribution in [1.82, 2.24) is 5.32 Å². The predicted octanol–water partition coefficient (Wildman–Crippen LogP) is 3.12. The van der Waals surface area contributed by atoms with Gasteiger partial charge in [0.2, 0.25) is 0 Å². The van der Waals surface area contributed by atoms with Gasteiger partial charge in [-0.2, -0.15) is 0 Å². The first-order chi connectivity index (χ1) is 12.3. The zero-order valence-corrected chi connectivity index (χ0v) is 17.0. The van der Waals surface area contributed by atoms with Gasteiger partial charge in [-0.15, -0.1) is 24.0 Å². The zero-order chi connectivity index (χ0) is 17.5. The van der Waals surface area contributed by atoms with Crippen LogP contribution in [0.15, 0.2) is 53.5 Å². The lowest BCUT2D eigenvalue weighted by Crippen LogP contribution is -2.37. The van der Waals surface area contributed by atoms with Crippen LogP contribution in [0.3, 0.4) is 0 Å². The molecule has 1 unspecified atom stereocenters. The molecule has 0 spiro atoms. The van der Waals surface area contributed by atoms with Crippen LogP contribution in [0.2, 0.25) is 0 Å². The third kappa shape index (κ3) is 5.42. The normalized spacial score (nSPS) is 15.9. The number of nitrogens with one attached hydrogen (secondary N) is 1. The van der Waals surface area contributed by atoms with E-state index in [0.29, 0.717) is 25.7 Å². The SMILES string of the molecule is COc1cccc(OCCN=C(N)NC2CCOc3ccccc32)c1.I. The molecule has 0 saturated heterocycles. The Bertz CT molecular complexity index is 739. The Labute approximate surface area is 170 Å². The highest BCUT2D eigenvalue weighted by atomic mass is 127. The Morgan fingerprint density at radius 1 is 1.23 bits per heavy atom. The number of hydrogen-bond acceptors (Lipinski definition) is 4. The molecule has 0 amide bonds. The fraction of sp³-hybridized carbons (Fsp3) is 0.316. The molecule has 7 heteroatoms. The average molecular weight is 469 g/mol. The van der Waals surface area contributed by atoms with Crippen LogP contribution in [0.25, 0.3) is 0 Å². The van der Waals surface area contributed by atoms with Crippen LogP contribution in [0, 0.1) is 0 Å². The maximum Gasteiger partial charge on any atom is 0.189 e. The third-order valence-electron chi connectivity index (χ3n) is 3.96. The van der Waals surface area contributed by atoms with E-state index < -0.39 is 0 Å². The number of aliphatic imine (C=N–C) groups is 1. The van der Waals surface area contributed by atoms with Gasteiger partial charge in [-0.05, 0) is 18.2 Å². The van der Waals surface area contributed by atoms with Crippen LogP contribution in [-0.4, -0.2) is 32.8 Å². The second kappa shape index (κ2) is 10.1. The van der Waals surface area contributed by atoms with Crippen molar-refractivity contribution < 1.29 is 14.2 Å². The first-order valence-electron chi connectivity index (χ1n) is 8.31. The minimum Gasteiger partial charge on any atom is -0.497 e. The second-order valence-electron chi connectivity index (χ2n) is 5.67. The lowest BCUT2D eigenvalue weighted by atomic mass is 10.0. The van der Waals surface area contributed by atoms with E-state index in [-0.39, 0.29) is 30.0 Å². The molecule has 0 aromatic heterocycles. The van der Waals surface area contributed by atoms with E-state index in [0.717, 1.165) is 29.2 Å². The zero-order valence-electron chi connectivity index (χ0n) is 14.7. The number of nitrogens with zero attached hydrogens (tertiary/aromatic N) is 1. The van der Waals surface area contributed by atoms with Gasteiger partial charge in [0.1, 0.15) is 23.9 Å². The van der Waals surface area contributed by atoms with Gasteiger partial charge >= 0.3 is 0 Å². The number of benzene rings is 2. The van der Waals surface area contributed by atoms with E-state index in [1.54, 1.807) is 7.11 Å². The van der Waals surface area contributed by atoms with E-state index in [4.69, 9.17) is 19.9 Å². The van der Waals surface area contributed by atoms with Gasteiger partial charge in [0.05, 0.1) is 26.3 Å². The quantitative estimate of drug-likeness (QED) is 0.294. The van der Waals surface area contributed by atoms with Gasteiger partial charge < -0.3 is 25.3 Å². The van der Waals surface area contributed by atoms with Gasteiger partial charge in [-0.1, -0.05) is 24.3 Å². The summed E-state index contributed by atoms with van der Waals surface area (Å²) >= 11 is 0. The number of hydrogen-bond donors (Lipinski definition) is 2. The summed E-state index contributed by atoms with van der Waals surface area (Å²) in [6, 6.07) is 15.6. The van der Waals surface area contributed by atoms with Gasteiger partial charge in [0.25, 0.3) is 0 Å². The largest absolute Gasteiger partial charge is 0.497 e. The number of fused-ring (bicyclic) bond motifs is 1. The van der Waals surface area contributed by atoms with Crippen molar-refractivity contribution in [3.05, 3.63) is 54.1 Å². The predicted molar refractivity (Wildman–Crippen MR) is 113 cm³/mol. The maximum atomic E-state index is 6.01. The summed E-state index contributed by atoms with van der Waals surface area (Å²) in [4.78, 5) is 4.34. The maximum absolute atomic E-state index is 6.01. The van der Waals surface area contributed by atoms with Crippen molar-refractivity contribution in [2.45, 2.75) is 12.5 Å². The summed E-state index contributed by atoms with van der Waals surface area (Å²) < 4.78 is 16.5. The molecule has 0 aliphatic carbocycles. The van der Waals surface area contributed by atoms with Crippen LogP contribution < -0.4 is 25.3 Å². The lowest BCUT2D eigenvalue weighted by molar-refractivity contribution is 0.262. The molecule has 2 aromatic carbocycles. The number of guanidine groups is 1. The summed E-state index contributed by atoms with van der Waals surface area (Å²) in [7, 11) is 1.63. The lowest BCUT2D eigenvalue weighted by Gasteiger charge is -2.26. The van der Waals surface area contributed by atoms with Crippen molar-refractivity contribution in [2.24, 2.45) is 10.7 Å². The Hall–Kier alpha value is -2.16. The van der Waals surface area contributed by atoms with Gasteiger partial charge in [0.15, 0.2) is 5.96 Å². The van der Waals surface area contributed by atoms with Crippen LogP contribution in [0.4, 0.5) is 0 Å². The second-order valence-corrected chi connectivity index (χ2v) is 5.67. The van der Waals surface area contributed by atoms with Crippen molar-refractivity contribution in [1.29, 1.82) is 0 Å². The molecule has 3 N–H and O–H groups in total. The minimum absolute atomic E-state index is 0. The van der Waals surface area contributed by atoms with Crippen LogP contribution in [0.5, 0.6) is 17.2 Å². The number of rotatable bonds is 6. The molecule has 1 aliphatic heterocycles. The summed E-state index contributed by atoms with van der Waals surface area (Å²) in [5.41, 5.74) is 7.12. The van der Waals surface area contributed by atoms with E-state index >= 15 is 0 Å². The summed E-state index contributed by atoms with van der Waals surface area (Å²) in [5, 5.41) is 3.26. The third-order valence-corrected chi connectivity index (χ3v) is 3.96. The minimum atomic E-state index is 0. The molecule has 1 atom stereocenters. The molecule has 3 rings (SSSR count). The summed E-state index contributed by atoms with van der Waals surface area (Å²) in [6.07, 6.45) is 0.855. The van der Waals surface area contributed by atoms with Crippen LogP contribution >= 0.6 is 24.0 Å². The van der Waals surface area contributed by atoms with E-state index in [1.807, 2.05) is 48.5 Å². The monoisotopic (exact) mass is 469 g/mol. The highest BCUT2D eigenvalue weighted by Gasteiger charge is 2.21. The Morgan fingerprint density at radius 2 is 2.04 bits per heavy atom. The molecule has 2 aromatic rings. The molecule has 1 heterocycles. The van der Waals surface area contributed by atoms with Gasteiger partial charge in [-0.25, -0.2) is 4.99 Å². The molecule has 0 bridgehead atoms. The molecule has 6 nitrogen and oxygen atoms in total. The Kier molecular flexibility index (Phi) is 7.83. The van der Waals surface area contributed by atoms with Gasteiger partial charge in [0, 0.05) is 18.1 Å². The molecule has 1 aliphatic rings. The van der Waals surface area contributed by atoms with Crippen molar-refractivity contribution >= 4 is 29.9 Å². The molecule has 26 heavy (non-hydrogen) atoms. The number of nitrogens with two attached hydrogens (primary N) is 1. The number of halogens is 1. The fourth-order valence-corrected chi connectivity index (χ4v) is 2.74. The van der Waals surface area contributed by atoms with Crippen LogP contribution in [-0.2, 0) is 0 Å². The van der Waals surface area contributed by atoms with Crippen molar-refractivity contribution in [3.8, 4) is 17.2 Å². The molecule has 0 radical (unpaired) electrons. The van der Waals surface area contributed by atoms with Crippen molar-refractivity contribution in [3.63, 3.8) is 0 Å². The first-order valence-corrected chi connectivity index (χ1v) is 8.31. The Balaban J connectivity index is 0.00000243. The Morgan fingerprint density at radius 3 is 2.88 bits per heavy atom. The number of para-hydroxylation sites is 1. The fourth-order valence-electron chi connectivity index (χ4n) is 2.74. The standard InChI is InChI=1S/C19H23N3O3.HI/c1-23-14-5-4-6-15(13-14)24-12-10-21-19(20)22-17-9-11-25-18-8-3-2-7-16(17)18;/h2-8,13,17H,9-12H2,1H3,(H3,20,21,22);1H. The first kappa shape index (κ1) is 20.2. The molecular weight excluding hydrogens is 445 g/mol. The average Bonchev–Trinajstić information content (AvgIpc) is 2.66. The number of ether oxygens (including phenoxy) is 3. The molecule has 140 valence electrons. The summed E-state index contributed by atoms with van der Waals surface area (Å²) in [5.74, 6) is 2.83. The summed E-state index contributed by atoms with van der Waals surface area (Å²) in [6.45, 7) is 1.59. The number of methoxy groups -OCH3 is 1. The van der Waals surface area contributed by atoms with Crippen LogP contribution in [0.1, 0.15) is 18.0 Å². The molecular formula is C19H24IN3O3. The highest BCUT2D eigenvalue weighted by molar-refractivity contribution is 14.0. The van der Waals surface area contributed by atoms with E-state index in [1.165, 1.54) is 0 Å². The van der Waals surface area contributed by atoms with Gasteiger partial charge in [-0.3, -0.25) is 0 Å². The topological polar surface area (TPSA) is 78.1 Å². The molecule has 0 fully saturated rings. The van der Waals surface area contributed by atoms with E-state index in [9.17, 15) is 0 Å². The highest BCUT2D eigenvalue weighted by Crippen LogP contribution is 2.31.